The fraction of sp³-hybridized carbons (Fsp3) is 0.500. The average Bonchev–Trinajstić information content (AvgIpc) is 3.53. The molecule has 2 aromatic rings. The van der Waals surface area contributed by atoms with Gasteiger partial charge in [-0.05, 0) is 57.1 Å². The van der Waals surface area contributed by atoms with E-state index < -0.39 is 0 Å². The van der Waals surface area contributed by atoms with Crippen molar-refractivity contribution in [2.24, 2.45) is 5.92 Å². The molecule has 0 radical (unpaired) electrons. The molecule has 2 fully saturated rings. The van der Waals surface area contributed by atoms with Crippen LogP contribution in [0.1, 0.15) is 44.1 Å². The average molecular weight is 380 g/mol. The molecule has 28 heavy (non-hydrogen) atoms. The molecule has 1 saturated heterocycles. The zero-order valence-corrected chi connectivity index (χ0v) is 16.5. The smallest absolute Gasteiger partial charge is 0.224 e. The Bertz CT molecular complexity index is 803. The van der Waals surface area contributed by atoms with E-state index in [1.807, 2.05) is 31.2 Å². The maximum absolute atomic E-state index is 12.3. The molecular formula is C22H29N5O. The lowest BCUT2D eigenvalue weighted by Gasteiger charge is -2.33. The molecule has 1 atom stereocenters. The summed E-state index contributed by atoms with van der Waals surface area (Å²) in [5, 5.41) is 6.44. The summed E-state index contributed by atoms with van der Waals surface area (Å²) < 4.78 is 0. The summed E-state index contributed by atoms with van der Waals surface area (Å²) in [6.45, 7) is 4.02. The topological polar surface area (TPSA) is 70.2 Å². The summed E-state index contributed by atoms with van der Waals surface area (Å²) in [4.78, 5) is 23.4. The number of nitrogens with one attached hydrogen (secondary N) is 2. The minimum Gasteiger partial charge on any atom is -0.367 e. The van der Waals surface area contributed by atoms with Crippen LogP contribution in [0.3, 0.4) is 0 Å². The van der Waals surface area contributed by atoms with Crippen LogP contribution in [0.15, 0.2) is 36.7 Å². The van der Waals surface area contributed by atoms with E-state index in [1.54, 1.807) is 6.33 Å². The molecule has 148 valence electrons. The van der Waals surface area contributed by atoms with Gasteiger partial charge in [0.15, 0.2) is 0 Å². The zero-order valence-electron chi connectivity index (χ0n) is 16.5. The number of hydrogen-bond acceptors (Lipinski definition) is 5. The van der Waals surface area contributed by atoms with Gasteiger partial charge in [0.05, 0.1) is 0 Å². The van der Waals surface area contributed by atoms with E-state index in [9.17, 15) is 4.79 Å². The van der Waals surface area contributed by atoms with E-state index in [4.69, 9.17) is 0 Å². The summed E-state index contributed by atoms with van der Waals surface area (Å²) in [5.74, 6) is 2.53. The highest BCUT2D eigenvalue weighted by Crippen LogP contribution is 2.28. The van der Waals surface area contributed by atoms with E-state index >= 15 is 0 Å². The van der Waals surface area contributed by atoms with E-state index in [2.05, 4.69) is 31.6 Å². The number of hydrogen-bond donors (Lipinski definition) is 2. The maximum Gasteiger partial charge on any atom is 0.224 e. The molecule has 0 bridgehead atoms. The number of amides is 1. The van der Waals surface area contributed by atoms with Gasteiger partial charge in [0.25, 0.3) is 0 Å². The lowest BCUT2D eigenvalue weighted by molar-refractivity contribution is -0.116. The number of rotatable bonds is 7. The molecule has 1 aliphatic heterocycles. The highest BCUT2D eigenvalue weighted by atomic mass is 16.1. The predicted molar refractivity (Wildman–Crippen MR) is 113 cm³/mol. The van der Waals surface area contributed by atoms with Crippen LogP contribution in [0.5, 0.6) is 0 Å². The van der Waals surface area contributed by atoms with Gasteiger partial charge >= 0.3 is 0 Å². The van der Waals surface area contributed by atoms with E-state index in [-0.39, 0.29) is 5.91 Å². The third-order valence-corrected chi connectivity index (χ3v) is 5.54. The first-order valence-electron chi connectivity index (χ1n) is 10.4. The lowest BCUT2D eigenvalue weighted by Crippen LogP contribution is -2.36. The van der Waals surface area contributed by atoms with Crippen LogP contribution in [-0.2, 0) is 4.79 Å². The molecule has 4 rings (SSSR count). The van der Waals surface area contributed by atoms with Crippen molar-refractivity contribution in [1.82, 2.24) is 9.97 Å². The Hall–Kier alpha value is -2.63. The second-order valence-electron chi connectivity index (χ2n) is 8.09. The number of carbonyl (C=O) groups excluding carboxylic acids is 1. The summed E-state index contributed by atoms with van der Waals surface area (Å²) in [6.07, 6.45) is 7.90. The zero-order chi connectivity index (χ0) is 19.3. The molecule has 0 spiro atoms. The molecule has 2 N–H and O–H groups in total. The molecule has 1 aromatic carbocycles. The maximum atomic E-state index is 12.3. The standard InChI is InChI=1S/C22H29N5O/c1-16-4-7-19(8-5-16)26-22(28)11-6-17-3-2-12-27(14-17)21-13-20(23-15-24-21)25-18-9-10-18/h4-5,7-8,13,15,17-18H,2-3,6,9-12,14H2,1H3,(H,26,28)(H,23,24,25). The minimum absolute atomic E-state index is 0.0962. The Morgan fingerprint density at radius 2 is 2.00 bits per heavy atom. The van der Waals surface area contributed by atoms with Crippen LogP contribution in [0.25, 0.3) is 0 Å². The van der Waals surface area contributed by atoms with Crippen molar-refractivity contribution < 1.29 is 4.79 Å². The normalized spacial score (nSPS) is 19.3. The van der Waals surface area contributed by atoms with Crippen molar-refractivity contribution >= 4 is 23.2 Å². The molecular weight excluding hydrogens is 350 g/mol. The quantitative estimate of drug-likeness (QED) is 0.761. The molecule has 1 unspecified atom stereocenters. The van der Waals surface area contributed by atoms with Crippen molar-refractivity contribution in [3.63, 3.8) is 0 Å². The molecule has 2 heterocycles. The van der Waals surface area contributed by atoms with Gasteiger partial charge in [0, 0.05) is 37.3 Å². The molecule has 1 amide bonds. The Morgan fingerprint density at radius 3 is 2.79 bits per heavy atom. The van der Waals surface area contributed by atoms with Crippen LogP contribution >= 0.6 is 0 Å². The number of anilines is 3. The Balaban J connectivity index is 1.27. The number of aromatic nitrogens is 2. The summed E-state index contributed by atoms with van der Waals surface area (Å²) in [7, 11) is 0. The molecule has 1 aromatic heterocycles. The van der Waals surface area contributed by atoms with Gasteiger partial charge in [-0.2, -0.15) is 0 Å². The van der Waals surface area contributed by atoms with Crippen molar-refractivity contribution in [3.8, 4) is 0 Å². The Kier molecular flexibility index (Phi) is 5.74. The number of nitrogens with zero attached hydrogens (tertiary/aromatic N) is 3. The van der Waals surface area contributed by atoms with Gasteiger partial charge in [0.2, 0.25) is 5.91 Å². The molecule has 6 heteroatoms. The molecule has 2 aliphatic rings. The fourth-order valence-corrected chi connectivity index (χ4v) is 3.74. The SMILES string of the molecule is Cc1ccc(NC(=O)CCC2CCCN(c3cc(NC4CC4)ncn3)C2)cc1. The highest BCUT2D eigenvalue weighted by molar-refractivity contribution is 5.90. The van der Waals surface area contributed by atoms with Crippen LogP contribution in [0.4, 0.5) is 17.3 Å². The first kappa shape index (κ1) is 18.7. The molecule has 1 saturated carbocycles. The highest BCUT2D eigenvalue weighted by Gasteiger charge is 2.24. The summed E-state index contributed by atoms with van der Waals surface area (Å²) >= 11 is 0. The number of benzene rings is 1. The van der Waals surface area contributed by atoms with Crippen molar-refractivity contribution in [3.05, 3.63) is 42.2 Å². The predicted octanol–water partition coefficient (Wildman–Crippen LogP) is 3.99. The van der Waals surface area contributed by atoms with E-state index in [0.29, 0.717) is 18.4 Å². The number of aryl methyl sites for hydroxylation is 1. The number of carbonyl (C=O) groups is 1. The van der Waals surface area contributed by atoms with Gasteiger partial charge in [-0.3, -0.25) is 4.79 Å². The van der Waals surface area contributed by atoms with Crippen molar-refractivity contribution in [1.29, 1.82) is 0 Å². The second kappa shape index (κ2) is 8.59. The van der Waals surface area contributed by atoms with E-state index in [0.717, 1.165) is 43.3 Å². The lowest BCUT2D eigenvalue weighted by atomic mass is 9.93. The molecule has 1 aliphatic carbocycles. The van der Waals surface area contributed by atoms with Crippen LogP contribution in [-0.4, -0.2) is 35.0 Å². The third kappa shape index (κ3) is 5.21. The first-order valence-corrected chi connectivity index (χ1v) is 10.4. The van der Waals surface area contributed by atoms with Crippen LogP contribution in [0.2, 0.25) is 0 Å². The van der Waals surface area contributed by atoms with Crippen molar-refractivity contribution in [2.45, 2.75) is 51.5 Å². The van der Waals surface area contributed by atoms with Gasteiger partial charge in [-0.15, -0.1) is 0 Å². The minimum atomic E-state index is 0.0962. The fourth-order valence-electron chi connectivity index (χ4n) is 3.74. The van der Waals surface area contributed by atoms with Gasteiger partial charge < -0.3 is 15.5 Å². The van der Waals surface area contributed by atoms with Crippen molar-refractivity contribution in [2.75, 3.05) is 28.6 Å². The van der Waals surface area contributed by atoms with Gasteiger partial charge in [0.1, 0.15) is 18.0 Å². The number of piperidine rings is 1. The van der Waals surface area contributed by atoms with Gasteiger partial charge in [-0.1, -0.05) is 17.7 Å². The largest absolute Gasteiger partial charge is 0.367 e. The van der Waals surface area contributed by atoms with Crippen LogP contribution in [0, 0.1) is 12.8 Å². The first-order chi connectivity index (χ1) is 13.7. The monoisotopic (exact) mass is 379 g/mol. The summed E-state index contributed by atoms with van der Waals surface area (Å²) in [5.41, 5.74) is 2.07. The summed E-state index contributed by atoms with van der Waals surface area (Å²) in [6, 6.07) is 10.6. The second-order valence-corrected chi connectivity index (χ2v) is 8.09. The Morgan fingerprint density at radius 1 is 1.18 bits per heavy atom. The van der Waals surface area contributed by atoms with E-state index in [1.165, 1.54) is 24.8 Å². The van der Waals surface area contributed by atoms with Crippen LogP contribution < -0.4 is 15.5 Å². The third-order valence-electron chi connectivity index (χ3n) is 5.54. The molecule has 6 nitrogen and oxygen atoms in total. The van der Waals surface area contributed by atoms with Gasteiger partial charge in [-0.25, -0.2) is 9.97 Å². The Labute approximate surface area is 166 Å².